The van der Waals surface area contributed by atoms with Gasteiger partial charge in [-0.05, 0) is 56.7 Å². The normalized spacial score (nSPS) is 10.7. The Morgan fingerprint density at radius 3 is 2.48 bits per heavy atom. The number of anilines is 1. The second-order valence-electron chi connectivity index (χ2n) is 6.44. The summed E-state index contributed by atoms with van der Waals surface area (Å²) >= 11 is 0. The number of fused-ring (bicyclic) bond motifs is 1. The number of halogens is 1. The topological polar surface area (TPSA) is 68.3 Å². The zero-order chi connectivity index (χ0) is 19.6. The van der Waals surface area contributed by atoms with Gasteiger partial charge in [0.2, 0.25) is 0 Å². The lowest BCUT2D eigenvalue weighted by Crippen LogP contribution is -2.21. The molecule has 3 rings (SSSR count). The number of aromatic nitrogens is 1. The molecule has 3 aromatic rings. The van der Waals surface area contributed by atoms with Crippen LogP contribution in [0.5, 0.6) is 0 Å². The highest BCUT2D eigenvalue weighted by Gasteiger charge is 2.16. The molecule has 5 nitrogen and oxygen atoms in total. The Balaban J connectivity index is 1.73. The molecule has 138 valence electrons. The molecule has 0 saturated heterocycles. The fourth-order valence-corrected chi connectivity index (χ4v) is 2.76. The van der Waals surface area contributed by atoms with Crippen molar-refractivity contribution in [1.82, 2.24) is 4.98 Å². The Morgan fingerprint density at radius 1 is 1.04 bits per heavy atom. The summed E-state index contributed by atoms with van der Waals surface area (Å²) in [4.78, 5) is 28.9. The largest absolute Gasteiger partial charge is 0.452 e. The van der Waals surface area contributed by atoms with Crippen LogP contribution in [0.4, 0.5) is 10.1 Å². The van der Waals surface area contributed by atoms with E-state index < -0.39 is 24.3 Å². The number of carbonyl (C=O) groups is 2. The van der Waals surface area contributed by atoms with Gasteiger partial charge in [0, 0.05) is 11.1 Å². The highest BCUT2D eigenvalue weighted by molar-refractivity contribution is 6.04. The van der Waals surface area contributed by atoms with Crippen LogP contribution in [0.15, 0.2) is 42.5 Å². The van der Waals surface area contributed by atoms with Gasteiger partial charge >= 0.3 is 5.97 Å². The molecule has 0 atom stereocenters. The Bertz CT molecular complexity index is 1050. The molecule has 0 bridgehead atoms. The second-order valence-corrected chi connectivity index (χ2v) is 6.44. The number of amides is 1. The standard InChI is InChI=1S/C21H19FN2O3/c1-12-4-6-18-15(8-12)16(10-14(3)23-18)21(26)27-11-20(25)24-19-7-5-13(2)9-17(19)22/h4-10H,11H2,1-3H3,(H,24,25). The third kappa shape index (κ3) is 4.28. The summed E-state index contributed by atoms with van der Waals surface area (Å²) < 4.78 is 18.9. The van der Waals surface area contributed by atoms with Gasteiger partial charge in [-0.25, -0.2) is 9.18 Å². The number of hydrogen-bond acceptors (Lipinski definition) is 4. The summed E-state index contributed by atoms with van der Waals surface area (Å²) in [6.45, 7) is 4.93. The van der Waals surface area contributed by atoms with Crippen LogP contribution in [0, 0.1) is 26.6 Å². The Labute approximate surface area is 156 Å². The first-order chi connectivity index (χ1) is 12.8. The van der Waals surface area contributed by atoms with Crippen LogP contribution < -0.4 is 5.32 Å². The van der Waals surface area contributed by atoms with Crippen molar-refractivity contribution >= 4 is 28.5 Å². The fraction of sp³-hybridized carbons (Fsp3) is 0.190. The van der Waals surface area contributed by atoms with Gasteiger partial charge in [0.1, 0.15) is 5.82 Å². The molecular formula is C21H19FN2O3. The number of nitrogens with one attached hydrogen (secondary N) is 1. The zero-order valence-electron chi connectivity index (χ0n) is 15.3. The Hall–Kier alpha value is -3.28. The molecule has 2 aromatic carbocycles. The van der Waals surface area contributed by atoms with E-state index in [-0.39, 0.29) is 5.69 Å². The molecule has 1 heterocycles. The van der Waals surface area contributed by atoms with Crippen LogP contribution in [0.1, 0.15) is 27.2 Å². The summed E-state index contributed by atoms with van der Waals surface area (Å²) in [6, 6.07) is 11.7. The summed E-state index contributed by atoms with van der Waals surface area (Å²) in [5, 5.41) is 3.06. The van der Waals surface area contributed by atoms with Gasteiger partial charge in [0.15, 0.2) is 6.61 Å². The number of pyridine rings is 1. The van der Waals surface area contributed by atoms with Gasteiger partial charge in [-0.2, -0.15) is 0 Å². The third-order valence-corrected chi connectivity index (χ3v) is 4.05. The summed E-state index contributed by atoms with van der Waals surface area (Å²) in [7, 11) is 0. The molecule has 0 fully saturated rings. The van der Waals surface area contributed by atoms with Gasteiger partial charge in [-0.15, -0.1) is 0 Å². The number of ether oxygens (including phenoxy) is 1. The van der Waals surface area contributed by atoms with Gasteiger partial charge in [0.25, 0.3) is 5.91 Å². The van der Waals surface area contributed by atoms with Gasteiger partial charge in [0.05, 0.1) is 16.8 Å². The molecule has 1 aromatic heterocycles. The number of nitrogens with zero attached hydrogens (tertiary/aromatic N) is 1. The third-order valence-electron chi connectivity index (χ3n) is 4.05. The lowest BCUT2D eigenvalue weighted by Gasteiger charge is -2.10. The SMILES string of the molecule is Cc1ccc(NC(=O)COC(=O)c2cc(C)nc3ccc(C)cc23)c(F)c1. The van der Waals surface area contributed by atoms with Crippen LogP contribution >= 0.6 is 0 Å². The molecule has 0 unspecified atom stereocenters. The maximum Gasteiger partial charge on any atom is 0.339 e. The fourth-order valence-electron chi connectivity index (χ4n) is 2.76. The lowest BCUT2D eigenvalue weighted by atomic mass is 10.1. The number of carbonyl (C=O) groups excluding carboxylic acids is 2. The van der Waals surface area contributed by atoms with E-state index in [0.29, 0.717) is 22.2 Å². The predicted octanol–water partition coefficient (Wildman–Crippen LogP) is 4.09. The van der Waals surface area contributed by atoms with E-state index in [0.717, 1.165) is 11.1 Å². The maximum absolute atomic E-state index is 13.8. The van der Waals surface area contributed by atoms with Crippen LogP contribution in [0.25, 0.3) is 10.9 Å². The molecule has 0 aliphatic carbocycles. The minimum Gasteiger partial charge on any atom is -0.452 e. The molecule has 27 heavy (non-hydrogen) atoms. The van der Waals surface area contributed by atoms with Crippen molar-refractivity contribution in [2.24, 2.45) is 0 Å². The van der Waals surface area contributed by atoms with Crippen LogP contribution in [0.2, 0.25) is 0 Å². The van der Waals surface area contributed by atoms with Crippen LogP contribution in [-0.2, 0) is 9.53 Å². The first-order valence-corrected chi connectivity index (χ1v) is 8.44. The molecule has 0 aliphatic heterocycles. The average Bonchev–Trinajstić information content (AvgIpc) is 2.61. The maximum atomic E-state index is 13.8. The number of hydrogen-bond donors (Lipinski definition) is 1. The Kier molecular flexibility index (Phi) is 5.16. The first kappa shape index (κ1) is 18.5. The van der Waals surface area contributed by atoms with Crippen LogP contribution in [-0.4, -0.2) is 23.5 Å². The molecule has 0 aliphatic rings. The Morgan fingerprint density at radius 2 is 1.74 bits per heavy atom. The van der Waals surface area contributed by atoms with Gasteiger partial charge in [-0.1, -0.05) is 17.7 Å². The number of benzene rings is 2. The van der Waals surface area contributed by atoms with E-state index in [2.05, 4.69) is 10.3 Å². The van der Waals surface area contributed by atoms with E-state index >= 15 is 0 Å². The summed E-state index contributed by atoms with van der Waals surface area (Å²) in [5.74, 6) is -1.78. The molecule has 1 N–H and O–H groups in total. The average molecular weight is 366 g/mol. The second kappa shape index (κ2) is 7.53. The minimum atomic E-state index is -0.629. The van der Waals surface area contributed by atoms with Crippen molar-refractivity contribution in [2.75, 3.05) is 11.9 Å². The molecule has 1 amide bonds. The van der Waals surface area contributed by atoms with Gasteiger partial charge in [-0.3, -0.25) is 9.78 Å². The van der Waals surface area contributed by atoms with Crippen molar-refractivity contribution in [3.05, 3.63) is 70.7 Å². The van der Waals surface area contributed by atoms with Crippen molar-refractivity contribution in [3.8, 4) is 0 Å². The smallest absolute Gasteiger partial charge is 0.339 e. The first-order valence-electron chi connectivity index (χ1n) is 8.44. The minimum absolute atomic E-state index is 0.0440. The summed E-state index contributed by atoms with van der Waals surface area (Å²) in [5.41, 5.74) is 3.46. The number of rotatable bonds is 4. The summed E-state index contributed by atoms with van der Waals surface area (Å²) in [6.07, 6.45) is 0. The van der Waals surface area contributed by atoms with Crippen molar-refractivity contribution in [2.45, 2.75) is 20.8 Å². The van der Waals surface area contributed by atoms with E-state index in [4.69, 9.17) is 4.74 Å². The van der Waals surface area contributed by atoms with Crippen molar-refractivity contribution < 1.29 is 18.7 Å². The van der Waals surface area contributed by atoms with E-state index in [1.54, 1.807) is 26.0 Å². The van der Waals surface area contributed by atoms with E-state index in [1.807, 2.05) is 25.1 Å². The lowest BCUT2D eigenvalue weighted by molar-refractivity contribution is -0.119. The van der Waals surface area contributed by atoms with Crippen molar-refractivity contribution in [3.63, 3.8) is 0 Å². The monoisotopic (exact) mass is 366 g/mol. The molecule has 0 saturated carbocycles. The van der Waals surface area contributed by atoms with E-state index in [1.165, 1.54) is 12.1 Å². The van der Waals surface area contributed by atoms with E-state index in [9.17, 15) is 14.0 Å². The molecule has 0 radical (unpaired) electrons. The predicted molar refractivity (Wildman–Crippen MR) is 101 cm³/mol. The zero-order valence-corrected chi connectivity index (χ0v) is 15.3. The number of esters is 1. The highest BCUT2D eigenvalue weighted by atomic mass is 19.1. The number of aryl methyl sites for hydroxylation is 3. The molecule has 6 heteroatoms. The van der Waals surface area contributed by atoms with Crippen molar-refractivity contribution in [1.29, 1.82) is 0 Å². The molecule has 0 spiro atoms. The molecular weight excluding hydrogens is 347 g/mol. The van der Waals surface area contributed by atoms with Crippen LogP contribution in [0.3, 0.4) is 0 Å². The highest BCUT2D eigenvalue weighted by Crippen LogP contribution is 2.21. The quantitative estimate of drug-likeness (QED) is 0.706. The van der Waals surface area contributed by atoms with Gasteiger partial charge < -0.3 is 10.1 Å².